The van der Waals surface area contributed by atoms with Gasteiger partial charge in [-0.3, -0.25) is 0 Å². The summed E-state index contributed by atoms with van der Waals surface area (Å²) in [6.45, 7) is 1.46. The van der Waals surface area contributed by atoms with Gasteiger partial charge in [-0.15, -0.1) is 0 Å². The van der Waals surface area contributed by atoms with E-state index in [-0.39, 0.29) is 46.2 Å². The zero-order chi connectivity index (χ0) is 44.5. The molecule has 2 heterocycles. The van der Waals surface area contributed by atoms with Crippen molar-refractivity contribution in [3.05, 3.63) is 215 Å². The number of hydrogen-bond donors (Lipinski definition) is 2. The van der Waals surface area contributed by atoms with Crippen LogP contribution in [0.5, 0.6) is 0 Å². The molecule has 340 valence electrons. The second kappa shape index (κ2) is 24.4. The fraction of sp³-hybridized carbons (Fsp3) is 0.333. The zero-order valence-corrected chi connectivity index (χ0v) is 36.3. The molecule has 11 heteroatoms. The van der Waals surface area contributed by atoms with Crippen LogP contribution in [0.4, 0.5) is 0 Å². The number of benzene rings is 6. The van der Waals surface area contributed by atoms with E-state index in [1.54, 1.807) is 0 Å². The molecule has 2 aliphatic rings. The van der Waals surface area contributed by atoms with E-state index in [4.69, 9.17) is 42.6 Å². The highest BCUT2D eigenvalue weighted by Crippen LogP contribution is 2.35. The van der Waals surface area contributed by atoms with Crippen LogP contribution in [0, 0.1) is 0 Å². The Kier molecular flexibility index (Phi) is 17.4. The molecule has 2 fully saturated rings. The highest BCUT2D eigenvalue weighted by Gasteiger charge is 2.53. The molecule has 0 aromatic heterocycles. The maximum atomic E-state index is 12.3. The summed E-state index contributed by atoms with van der Waals surface area (Å²) in [6.07, 6.45) is -10.5. The Hall–Kier alpha value is -5.12. The minimum Gasteiger partial charge on any atom is -0.387 e. The Labute approximate surface area is 381 Å². The first-order valence-electron chi connectivity index (χ1n) is 22.3. The van der Waals surface area contributed by atoms with Crippen molar-refractivity contribution >= 4 is 0 Å². The molecule has 0 spiro atoms. The second-order valence-electron chi connectivity index (χ2n) is 16.2. The maximum Gasteiger partial charge on any atom is 0.187 e. The monoisotopic (exact) mass is 882 g/mol. The van der Waals surface area contributed by atoms with Gasteiger partial charge in [0.15, 0.2) is 12.6 Å². The Morgan fingerprint density at radius 3 is 1.09 bits per heavy atom. The van der Waals surface area contributed by atoms with Crippen molar-refractivity contribution in [2.75, 3.05) is 13.2 Å². The van der Waals surface area contributed by atoms with Crippen molar-refractivity contribution in [2.45, 2.75) is 101 Å². The highest BCUT2D eigenvalue weighted by molar-refractivity contribution is 5.18. The molecule has 6 aromatic carbocycles. The Morgan fingerprint density at radius 1 is 0.338 bits per heavy atom. The summed E-state index contributed by atoms with van der Waals surface area (Å²) in [5, 5.41) is 23.9. The van der Waals surface area contributed by atoms with Crippen molar-refractivity contribution in [3.8, 4) is 0 Å². The lowest BCUT2D eigenvalue weighted by atomic mass is 9.96. The molecule has 0 amide bonds. The van der Waals surface area contributed by atoms with E-state index in [2.05, 4.69) is 0 Å². The lowest BCUT2D eigenvalue weighted by molar-refractivity contribution is -0.372. The van der Waals surface area contributed by atoms with Crippen molar-refractivity contribution in [3.63, 3.8) is 0 Å². The third kappa shape index (κ3) is 13.5. The molecular formula is C54H58O11. The molecule has 2 saturated heterocycles. The van der Waals surface area contributed by atoms with Gasteiger partial charge in [0.2, 0.25) is 0 Å². The van der Waals surface area contributed by atoms with E-state index in [0.717, 1.165) is 33.4 Å². The predicted octanol–water partition coefficient (Wildman–Crippen LogP) is 7.95. The van der Waals surface area contributed by atoms with Crippen LogP contribution in [0.15, 0.2) is 182 Å². The minimum atomic E-state index is -1.50. The number of rotatable bonds is 22. The first kappa shape index (κ1) is 46.4. The van der Waals surface area contributed by atoms with E-state index >= 15 is 0 Å². The van der Waals surface area contributed by atoms with Crippen LogP contribution in [0.2, 0.25) is 0 Å². The van der Waals surface area contributed by atoms with Gasteiger partial charge in [-0.25, -0.2) is 0 Å². The van der Waals surface area contributed by atoms with Gasteiger partial charge < -0.3 is 52.8 Å². The quantitative estimate of drug-likeness (QED) is 0.0691. The largest absolute Gasteiger partial charge is 0.387 e. The van der Waals surface area contributed by atoms with Crippen LogP contribution >= 0.6 is 0 Å². The molecule has 65 heavy (non-hydrogen) atoms. The van der Waals surface area contributed by atoms with Gasteiger partial charge in [0.05, 0.1) is 52.9 Å². The van der Waals surface area contributed by atoms with Gasteiger partial charge in [0, 0.05) is 0 Å². The highest BCUT2D eigenvalue weighted by atomic mass is 16.7. The topological polar surface area (TPSA) is 124 Å². The molecule has 0 radical (unpaired) electrons. The van der Waals surface area contributed by atoms with Crippen LogP contribution in [-0.4, -0.2) is 84.8 Å². The lowest BCUT2D eigenvalue weighted by Crippen LogP contribution is -2.66. The molecule has 10 atom stereocenters. The number of hydrogen-bond acceptors (Lipinski definition) is 11. The average Bonchev–Trinajstić information content (AvgIpc) is 3.35. The Balaban J connectivity index is 1.13. The summed E-state index contributed by atoms with van der Waals surface area (Å²) in [7, 11) is 0. The van der Waals surface area contributed by atoms with Crippen molar-refractivity contribution in [1.29, 1.82) is 0 Å². The molecule has 11 nitrogen and oxygen atoms in total. The number of ether oxygens (including phenoxy) is 9. The van der Waals surface area contributed by atoms with E-state index in [0.29, 0.717) is 6.61 Å². The number of aliphatic hydroxyl groups is 2. The van der Waals surface area contributed by atoms with Crippen molar-refractivity contribution in [2.24, 2.45) is 0 Å². The van der Waals surface area contributed by atoms with Crippen LogP contribution in [0.1, 0.15) is 33.4 Å². The molecule has 8 rings (SSSR count). The van der Waals surface area contributed by atoms with E-state index in [1.807, 2.05) is 182 Å². The summed E-state index contributed by atoms with van der Waals surface area (Å²) >= 11 is 0. The van der Waals surface area contributed by atoms with Crippen LogP contribution in [0.3, 0.4) is 0 Å². The van der Waals surface area contributed by atoms with Gasteiger partial charge in [-0.2, -0.15) is 0 Å². The molecule has 0 saturated carbocycles. The lowest BCUT2D eigenvalue weighted by Gasteiger charge is -2.49. The zero-order valence-electron chi connectivity index (χ0n) is 36.3. The molecule has 0 aliphatic carbocycles. The second-order valence-corrected chi connectivity index (χ2v) is 16.2. The molecule has 2 aliphatic heterocycles. The van der Waals surface area contributed by atoms with Crippen molar-refractivity contribution < 1.29 is 52.8 Å². The van der Waals surface area contributed by atoms with Gasteiger partial charge in [-0.1, -0.05) is 182 Å². The third-order valence-corrected chi connectivity index (χ3v) is 11.4. The van der Waals surface area contributed by atoms with Crippen LogP contribution < -0.4 is 0 Å². The van der Waals surface area contributed by atoms with Gasteiger partial charge >= 0.3 is 0 Å². The SMILES string of the molecule is O[C@@H]1[C@H](O[C@H]2O[C@H](COCc3ccccc3)[C@H](OCc3ccccc3)[C@H](OCc3ccccc3)[C@H]2OCc2ccccc2)[C@@H](OCc2ccccc2)[C@@H](O)O[C@@H]1COCc1ccccc1. The predicted molar refractivity (Wildman–Crippen MR) is 243 cm³/mol. The fourth-order valence-corrected chi connectivity index (χ4v) is 8.02. The van der Waals surface area contributed by atoms with E-state index in [9.17, 15) is 10.2 Å². The molecule has 2 N–H and O–H groups in total. The summed E-state index contributed by atoms with van der Waals surface area (Å²) in [5.41, 5.74) is 5.66. The summed E-state index contributed by atoms with van der Waals surface area (Å²) in [5.74, 6) is 0. The average molecular weight is 883 g/mol. The summed E-state index contributed by atoms with van der Waals surface area (Å²) < 4.78 is 59.5. The smallest absolute Gasteiger partial charge is 0.187 e. The normalized spacial score (nSPS) is 25.6. The van der Waals surface area contributed by atoms with Gasteiger partial charge in [0.25, 0.3) is 0 Å². The van der Waals surface area contributed by atoms with Crippen LogP contribution in [-0.2, 0) is 82.3 Å². The minimum absolute atomic E-state index is 0.0357. The van der Waals surface area contributed by atoms with E-state index < -0.39 is 61.4 Å². The first-order chi connectivity index (χ1) is 32.1. The maximum absolute atomic E-state index is 12.3. The van der Waals surface area contributed by atoms with Crippen molar-refractivity contribution in [1.82, 2.24) is 0 Å². The summed E-state index contributed by atoms with van der Waals surface area (Å²) in [6, 6.07) is 58.8. The Bertz CT molecular complexity index is 2210. The fourth-order valence-electron chi connectivity index (χ4n) is 8.02. The van der Waals surface area contributed by atoms with Gasteiger partial charge in [-0.05, 0) is 33.4 Å². The Morgan fingerprint density at radius 2 is 0.677 bits per heavy atom. The number of aliphatic hydroxyl groups excluding tert-OH is 2. The van der Waals surface area contributed by atoms with Gasteiger partial charge in [0.1, 0.15) is 48.8 Å². The third-order valence-electron chi connectivity index (χ3n) is 11.4. The first-order valence-corrected chi connectivity index (χ1v) is 22.3. The molecule has 6 aromatic rings. The molecule has 0 bridgehead atoms. The van der Waals surface area contributed by atoms with E-state index in [1.165, 1.54) is 0 Å². The standard InChI is InChI=1S/C54H58O11/c55-47-45(37-57-31-39-19-7-1-8-20-39)63-53(56)51(61-35-43-27-15-5-16-28-43)49(47)65-54-52(62-36-44-29-17-6-18-30-44)50(60-34-42-25-13-4-14-26-42)48(59-33-41-23-11-3-12-24-41)46(64-54)38-58-32-40-21-9-2-10-22-40/h1-30,45-56H,31-38H2/t45-,46-,47+,48+,49+,50+,51-,52-,53+,54-/m1/s1. The molecular weight excluding hydrogens is 825 g/mol. The molecule has 0 unspecified atom stereocenters. The van der Waals surface area contributed by atoms with Crippen LogP contribution in [0.25, 0.3) is 0 Å². The summed E-state index contributed by atoms with van der Waals surface area (Å²) in [4.78, 5) is 0.